The summed E-state index contributed by atoms with van der Waals surface area (Å²) < 4.78 is 5.83. The van der Waals surface area contributed by atoms with E-state index in [1.807, 2.05) is 57.2 Å². The zero-order valence-electron chi connectivity index (χ0n) is 18.6. The number of hydrogen-bond donors (Lipinski definition) is 0. The summed E-state index contributed by atoms with van der Waals surface area (Å²) in [7, 11) is 0. The van der Waals surface area contributed by atoms with Gasteiger partial charge in [0, 0.05) is 18.7 Å². The maximum atomic E-state index is 5.83. The van der Waals surface area contributed by atoms with E-state index < -0.39 is 0 Å². The van der Waals surface area contributed by atoms with Crippen molar-refractivity contribution in [3.63, 3.8) is 0 Å². The number of aliphatic imine (C=N–C) groups is 1. The van der Waals surface area contributed by atoms with Crippen molar-refractivity contribution in [1.29, 1.82) is 0 Å². The first-order valence-electron chi connectivity index (χ1n) is 10.6. The zero-order chi connectivity index (χ0) is 22.0. The van der Waals surface area contributed by atoms with Crippen molar-refractivity contribution in [1.82, 2.24) is 19.9 Å². The number of rotatable bonds is 7. The highest BCUT2D eigenvalue weighted by molar-refractivity contribution is 6.54. The van der Waals surface area contributed by atoms with E-state index >= 15 is 0 Å². The van der Waals surface area contributed by atoms with Gasteiger partial charge in [-0.3, -0.25) is 0 Å². The van der Waals surface area contributed by atoms with Crippen molar-refractivity contribution in [3.05, 3.63) is 59.3 Å². The van der Waals surface area contributed by atoms with Crippen LogP contribution in [0.15, 0.2) is 46.5 Å². The minimum absolute atomic E-state index is 0.564. The number of aryl methyl sites for hydroxylation is 2. The second-order valence-electron chi connectivity index (χ2n) is 7.16. The lowest BCUT2D eigenvalue weighted by Gasteiger charge is -2.20. The number of nitrogens with zero attached hydrogens (tertiary/aromatic N) is 7. The molecule has 160 valence electrons. The minimum Gasteiger partial charge on any atom is -0.493 e. The van der Waals surface area contributed by atoms with Crippen molar-refractivity contribution in [2.75, 3.05) is 24.6 Å². The van der Waals surface area contributed by atoms with E-state index in [1.54, 1.807) is 4.79 Å². The Balaban J connectivity index is 1.82. The van der Waals surface area contributed by atoms with Gasteiger partial charge < -0.3 is 9.64 Å². The fraction of sp³-hybridized carbons (Fsp3) is 0.348. The maximum absolute atomic E-state index is 5.83. The summed E-state index contributed by atoms with van der Waals surface area (Å²) in [6.07, 6.45) is 0. The first kappa shape index (κ1) is 20.7. The predicted molar refractivity (Wildman–Crippen MR) is 123 cm³/mol. The van der Waals surface area contributed by atoms with Crippen molar-refractivity contribution >= 4 is 22.9 Å². The van der Waals surface area contributed by atoms with E-state index in [4.69, 9.17) is 14.7 Å². The van der Waals surface area contributed by atoms with E-state index in [0.717, 1.165) is 41.6 Å². The van der Waals surface area contributed by atoms with Crippen LogP contribution in [0.1, 0.15) is 43.7 Å². The van der Waals surface area contributed by atoms with E-state index in [0.29, 0.717) is 29.7 Å². The summed E-state index contributed by atoms with van der Waals surface area (Å²) in [4.78, 5) is 18.0. The number of para-hydroxylation sites is 1. The molecule has 4 rings (SSSR count). The standard InChI is InChI=1S/C23H27N7O/c1-6-29(7-2)20-14-13-18(15(4)24-20)26-22-21(28-30-23(22)25-16(5)27-30)17-11-9-10-12-19(17)31-8-3/h9-14H,6-8H2,1-5H3. The van der Waals surface area contributed by atoms with Crippen LogP contribution in [0.5, 0.6) is 5.75 Å². The van der Waals surface area contributed by atoms with Gasteiger partial charge in [0.25, 0.3) is 0 Å². The molecule has 1 aliphatic rings. The van der Waals surface area contributed by atoms with Crippen molar-refractivity contribution in [2.45, 2.75) is 34.6 Å². The largest absolute Gasteiger partial charge is 0.493 e. The van der Waals surface area contributed by atoms with Gasteiger partial charge >= 0.3 is 0 Å². The Morgan fingerprint density at radius 1 is 1.00 bits per heavy atom. The summed E-state index contributed by atoms with van der Waals surface area (Å²) in [6, 6.07) is 11.8. The Hall–Kier alpha value is -3.55. The van der Waals surface area contributed by atoms with Crippen LogP contribution >= 0.6 is 0 Å². The predicted octanol–water partition coefficient (Wildman–Crippen LogP) is 3.92. The summed E-state index contributed by atoms with van der Waals surface area (Å²) in [5.41, 5.74) is 3.84. The Kier molecular flexibility index (Phi) is 5.79. The molecular formula is C23H27N7O. The monoisotopic (exact) mass is 417 g/mol. The summed E-state index contributed by atoms with van der Waals surface area (Å²) in [5, 5.41) is 9.08. The van der Waals surface area contributed by atoms with Crippen LogP contribution in [0.2, 0.25) is 0 Å². The van der Waals surface area contributed by atoms with Gasteiger partial charge in [0.2, 0.25) is 5.82 Å². The Morgan fingerprint density at radius 2 is 1.77 bits per heavy atom. The molecule has 1 aliphatic heterocycles. The number of pyridine rings is 1. The first-order valence-corrected chi connectivity index (χ1v) is 10.6. The summed E-state index contributed by atoms with van der Waals surface area (Å²) >= 11 is 0. The van der Waals surface area contributed by atoms with Gasteiger partial charge in [-0.2, -0.15) is 0 Å². The average Bonchev–Trinajstić information content (AvgIpc) is 3.28. The first-order chi connectivity index (χ1) is 15.0. The van der Waals surface area contributed by atoms with E-state index in [1.165, 1.54) is 0 Å². The fourth-order valence-electron chi connectivity index (χ4n) is 3.60. The number of hydrogen-bond acceptors (Lipinski definition) is 7. The normalized spacial score (nSPS) is 14.0. The minimum atomic E-state index is 0.564. The second-order valence-corrected chi connectivity index (χ2v) is 7.16. The molecule has 0 amide bonds. The smallest absolute Gasteiger partial charge is 0.204 e. The molecule has 0 fully saturated rings. The molecule has 2 aromatic heterocycles. The van der Waals surface area contributed by atoms with Crippen molar-refractivity contribution in [3.8, 4) is 5.75 Å². The molecule has 0 unspecified atom stereocenters. The lowest BCUT2D eigenvalue weighted by Crippen LogP contribution is -2.23. The highest BCUT2D eigenvalue weighted by Gasteiger charge is 2.30. The average molecular weight is 418 g/mol. The van der Waals surface area contributed by atoms with Crippen LogP contribution in [0, 0.1) is 13.8 Å². The molecule has 0 saturated heterocycles. The van der Waals surface area contributed by atoms with Crippen LogP contribution in [-0.4, -0.2) is 51.0 Å². The van der Waals surface area contributed by atoms with Crippen LogP contribution in [0.4, 0.5) is 11.5 Å². The van der Waals surface area contributed by atoms with Crippen molar-refractivity contribution < 1.29 is 4.74 Å². The Bertz CT molecular complexity index is 1160. The number of ether oxygens (including phenoxy) is 1. The van der Waals surface area contributed by atoms with Gasteiger partial charge in [0.15, 0.2) is 5.82 Å². The van der Waals surface area contributed by atoms with Gasteiger partial charge in [-0.1, -0.05) is 12.1 Å². The van der Waals surface area contributed by atoms with Gasteiger partial charge in [-0.15, -0.1) is 15.0 Å². The molecule has 3 heterocycles. The highest BCUT2D eigenvalue weighted by atomic mass is 16.5. The third-order valence-electron chi connectivity index (χ3n) is 5.13. The van der Waals surface area contributed by atoms with E-state index in [2.05, 4.69) is 33.9 Å². The van der Waals surface area contributed by atoms with E-state index in [9.17, 15) is 0 Å². The fourth-order valence-corrected chi connectivity index (χ4v) is 3.60. The number of anilines is 1. The molecule has 3 aromatic rings. The zero-order valence-corrected chi connectivity index (χ0v) is 18.6. The van der Waals surface area contributed by atoms with Gasteiger partial charge in [0.05, 0.1) is 18.0 Å². The molecule has 0 bridgehead atoms. The third kappa shape index (κ3) is 3.93. The molecule has 0 saturated carbocycles. The van der Waals surface area contributed by atoms with Gasteiger partial charge in [0.1, 0.15) is 23.0 Å². The quantitative estimate of drug-likeness (QED) is 0.582. The molecule has 0 N–H and O–H groups in total. The highest BCUT2D eigenvalue weighted by Crippen LogP contribution is 2.28. The number of benzene rings is 1. The van der Waals surface area contributed by atoms with Crippen LogP contribution in [0.3, 0.4) is 0 Å². The molecule has 8 heteroatoms. The molecule has 31 heavy (non-hydrogen) atoms. The molecular weight excluding hydrogens is 390 g/mol. The number of fused-ring (bicyclic) bond motifs is 1. The van der Waals surface area contributed by atoms with Gasteiger partial charge in [-0.05, 0) is 58.9 Å². The lowest BCUT2D eigenvalue weighted by molar-refractivity contribution is 0.339. The van der Waals surface area contributed by atoms with Crippen LogP contribution in [0.25, 0.3) is 0 Å². The second kappa shape index (κ2) is 8.67. The molecule has 0 atom stereocenters. The van der Waals surface area contributed by atoms with Crippen LogP contribution in [-0.2, 0) is 0 Å². The number of aromatic nitrogens is 4. The SMILES string of the molecule is CCOc1ccccc1C1=Nn2nc(C)nc2C1=Nc1ccc(N(CC)CC)nc1C. The lowest BCUT2D eigenvalue weighted by atomic mass is 10.0. The Labute approximate surface area is 182 Å². The molecule has 0 radical (unpaired) electrons. The summed E-state index contributed by atoms with van der Waals surface area (Å²) in [6.45, 7) is 12.4. The van der Waals surface area contributed by atoms with Gasteiger partial charge in [-0.25, -0.2) is 15.0 Å². The van der Waals surface area contributed by atoms with Crippen molar-refractivity contribution in [2.24, 2.45) is 10.1 Å². The molecule has 0 spiro atoms. The third-order valence-corrected chi connectivity index (χ3v) is 5.13. The Morgan fingerprint density at radius 3 is 2.48 bits per heavy atom. The maximum Gasteiger partial charge on any atom is 0.204 e. The summed E-state index contributed by atoms with van der Waals surface area (Å²) in [5.74, 6) is 2.97. The van der Waals surface area contributed by atoms with Crippen LogP contribution < -0.4 is 9.64 Å². The molecule has 8 nitrogen and oxygen atoms in total. The van der Waals surface area contributed by atoms with E-state index in [-0.39, 0.29) is 0 Å². The molecule has 0 aliphatic carbocycles. The molecule has 1 aromatic carbocycles. The topological polar surface area (TPSA) is 80.8 Å².